The minimum absolute atomic E-state index is 0.143. The molecule has 1 heterocycles. The van der Waals surface area contributed by atoms with Gasteiger partial charge in [0.05, 0.1) is 35.0 Å². The van der Waals surface area contributed by atoms with Crippen LogP contribution in [0.2, 0.25) is 10.0 Å². The highest BCUT2D eigenvalue weighted by Gasteiger charge is 2.43. The monoisotopic (exact) mass is 443 g/mol. The van der Waals surface area contributed by atoms with Crippen molar-refractivity contribution in [1.29, 1.82) is 0 Å². The number of ether oxygens (including phenoxy) is 2. The molecule has 0 unspecified atom stereocenters. The largest absolute Gasteiger partial charge is 0.494 e. The number of esters is 1. The second-order valence-corrected chi connectivity index (χ2v) is 7.81. The minimum atomic E-state index is -0.680. The quantitative estimate of drug-likeness (QED) is 0.663. The molecule has 154 valence electrons. The first-order valence-electron chi connectivity index (χ1n) is 9.45. The number of nitrogens with one attached hydrogen (secondary N) is 1. The van der Waals surface area contributed by atoms with E-state index < -0.39 is 11.9 Å². The van der Waals surface area contributed by atoms with Crippen molar-refractivity contribution < 1.29 is 19.1 Å². The molecular formula is C23H19Cl2NO4. The van der Waals surface area contributed by atoms with Gasteiger partial charge in [-0.05, 0) is 31.5 Å². The maximum atomic E-state index is 13.4. The summed E-state index contributed by atoms with van der Waals surface area (Å²) in [6.07, 6.45) is 0. The second kappa shape index (κ2) is 7.82. The van der Waals surface area contributed by atoms with E-state index in [0.29, 0.717) is 49.5 Å². The maximum absolute atomic E-state index is 13.4. The van der Waals surface area contributed by atoms with Gasteiger partial charge in [-0.15, -0.1) is 0 Å². The molecule has 5 nitrogen and oxygen atoms in total. The van der Waals surface area contributed by atoms with Gasteiger partial charge in [0.25, 0.3) is 0 Å². The summed E-state index contributed by atoms with van der Waals surface area (Å²) in [4.78, 5) is 26.3. The van der Waals surface area contributed by atoms with Gasteiger partial charge in [0.15, 0.2) is 11.5 Å². The summed E-state index contributed by atoms with van der Waals surface area (Å²) in [5.74, 6) is -0.980. The number of fused-ring (bicyclic) bond motifs is 2. The van der Waals surface area contributed by atoms with Crippen molar-refractivity contribution in [3.05, 3.63) is 80.0 Å². The molecule has 1 N–H and O–H groups in total. The smallest absolute Gasteiger partial charge is 0.336 e. The number of allylic oxidation sites excluding steroid dienone is 2. The standard InChI is InChI=1S/C23H19Cl2NO4/c1-4-30-23(28)17-11(2)26-20-13-7-5-6-8-14(13)21(27)19(20)18(17)12-9-15(24)22(29-3)16(25)10-12/h5-10,18,26H,4H2,1-3H3/t18-/m1/s1. The highest BCUT2D eigenvalue weighted by molar-refractivity contribution is 6.37. The van der Waals surface area contributed by atoms with Gasteiger partial charge in [0.1, 0.15) is 0 Å². The van der Waals surface area contributed by atoms with Gasteiger partial charge in [-0.3, -0.25) is 4.79 Å². The molecule has 4 rings (SSSR count). The summed E-state index contributed by atoms with van der Waals surface area (Å²) >= 11 is 12.8. The summed E-state index contributed by atoms with van der Waals surface area (Å²) in [5.41, 5.74) is 4.14. The van der Waals surface area contributed by atoms with Crippen LogP contribution in [0.1, 0.15) is 41.3 Å². The SMILES string of the molecule is CCOC(=O)C1=C(C)NC2=C(C(=O)c3ccccc32)[C@@H]1c1cc(Cl)c(OC)c(Cl)c1. The molecular weight excluding hydrogens is 425 g/mol. The van der Waals surface area contributed by atoms with Gasteiger partial charge in [0.2, 0.25) is 0 Å². The highest BCUT2D eigenvalue weighted by atomic mass is 35.5. The van der Waals surface area contributed by atoms with E-state index in [2.05, 4.69) is 5.32 Å². The van der Waals surface area contributed by atoms with Crippen molar-refractivity contribution in [2.24, 2.45) is 0 Å². The fourth-order valence-electron chi connectivity index (χ4n) is 4.08. The Labute approximate surface area is 184 Å². The third kappa shape index (κ3) is 3.09. The predicted octanol–water partition coefficient (Wildman–Crippen LogP) is 5.13. The summed E-state index contributed by atoms with van der Waals surface area (Å²) in [7, 11) is 1.48. The van der Waals surface area contributed by atoms with Crippen LogP contribution >= 0.6 is 23.2 Å². The zero-order valence-corrected chi connectivity index (χ0v) is 18.1. The molecule has 0 saturated carbocycles. The molecule has 30 heavy (non-hydrogen) atoms. The molecule has 0 saturated heterocycles. The van der Waals surface area contributed by atoms with Crippen molar-refractivity contribution in [3.8, 4) is 5.75 Å². The van der Waals surface area contributed by atoms with Crippen molar-refractivity contribution in [2.75, 3.05) is 13.7 Å². The number of dihydropyridines is 1. The van der Waals surface area contributed by atoms with Crippen LogP contribution in [0.5, 0.6) is 5.75 Å². The molecule has 2 aromatic carbocycles. The van der Waals surface area contributed by atoms with E-state index in [9.17, 15) is 9.59 Å². The van der Waals surface area contributed by atoms with Crippen molar-refractivity contribution in [2.45, 2.75) is 19.8 Å². The number of benzene rings is 2. The number of halogens is 2. The lowest BCUT2D eigenvalue weighted by Crippen LogP contribution is -2.29. The van der Waals surface area contributed by atoms with Gasteiger partial charge in [-0.1, -0.05) is 47.5 Å². The number of methoxy groups -OCH3 is 1. The number of ketones is 1. The molecule has 1 aliphatic carbocycles. The van der Waals surface area contributed by atoms with Gasteiger partial charge < -0.3 is 14.8 Å². The zero-order valence-electron chi connectivity index (χ0n) is 16.6. The van der Waals surface area contributed by atoms with Crippen LogP contribution in [0.15, 0.2) is 53.2 Å². The first-order chi connectivity index (χ1) is 14.4. The Morgan fingerprint density at radius 3 is 2.37 bits per heavy atom. The van der Waals surface area contributed by atoms with Crippen molar-refractivity contribution >= 4 is 40.7 Å². The van der Waals surface area contributed by atoms with Crippen LogP contribution < -0.4 is 10.1 Å². The summed E-state index contributed by atoms with van der Waals surface area (Å²) in [6.45, 7) is 3.75. The first-order valence-corrected chi connectivity index (χ1v) is 10.2. The summed E-state index contributed by atoms with van der Waals surface area (Å²) in [6, 6.07) is 10.7. The van der Waals surface area contributed by atoms with Crippen LogP contribution in [-0.4, -0.2) is 25.5 Å². The molecule has 7 heteroatoms. The minimum Gasteiger partial charge on any atom is -0.494 e. The molecule has 1 aliphatic heterocycles. The third-order valence-corrected chi connectivity index (χ3v) is 5.86. The lowest BCUT2D eigenvalue weighted by molar-refractivity contribution is -0.138. The Kier molecular flexibility index (Phi) is 5.35. The van der Waals surface area contributed by atoms with E-state index >= 15 is 0 Å². The van der Waals surface area contributed by atoms with Crippen molar-refractivity contribution in [3.63, 3.8) is 0 Å². The summed E-state index contributed by atoms with van der Waals surface area (Å²) < 4.78 is 10.6. The van der Waals surface area contributed by atoms with Crippen LogP contribution in [0.25, 0.3) is 5.70 Å². The lowest BCUT2D eigenvalue weighted by Gasteiger charge is -2.29. The van der Waals surface area contributed by atoms with E-state index in [0.717, 1.165) is 5.56 Å². The molecule has 0 fully saturated rings. The van der Waals surface area contributed by atoms with Gasteiger partial charge in [-0.25, -0.2) is 4.79 Å². The molecule has 2 aliphatic rings. The molecule has 0 bridgehead atoms. The zero-order chi connectivity index (χ0) is 21.6. The molecule has 2 aromatic rings. The number of hydrogen-bond donors (Lipinski definition) is 1. The predicted molar refractivity (Wildman–Crippen MR) is 116 cm³/mol. The van der Waals surface area contributed by atoms with Crippen LogP contribution in [0.4, 0.5) is 0 Å². The number of carbonyl (C=O) groups excluding carboxylic acids is 2. The molecule has 0 spiro atoms. The number of hydrogen-bond acceptors (Lipinski definition) is 5. The average Bonchev–Trinajstić information content (AvgIpc) is 2.99. The van der Waals surface area contributed by atoms with E-state index in [1.807, 2.05) is 18.2 Å². The Morgan fingerprint density at radius 2 is 1.77 bits per heavy atom. The Hall–Kier alpha value is -2.76. The molecule has 0 radical (unpaired) electrons. The maximum Gasteiger partial charge on any atom is 0.336 e. The van der Waals surface area contributed by atoms with Gasteiger partial charge in [0, 0.05) is 28.3 Å². The second-order valence-electron chi connectivity index (χ2n) is 7.00. The van der Waals surface area contributed by atoms with Crippen LogP contribution in [-0.2, 0) is 9.53 Å². The Balaban J connectivity index is 1.96. The van der Waals surface area contributed by atoms with E-state index in [4.69, 9.17) is 32.7 Å². The molecule has 0 amide bonds. The number of carbonyl (C=O) groups is 2. The number of Topliss-reactive ketones (excluding diaryl/α,β-unsaturated/α-hetero) is 1. The van der Waals surface area contributed by atoms with Gasteiger partial charge >= 0.3 is 5.97 Å². The lowest BCUT2D eigenvalue weighted by atomic mass is 9.80. The van der Waals surface area contributed by atoms with Crippen LogP contribution in [0, 0.1) is 0 Å². The first kappa shape index (κ1) is 20.5. The fourth-order valence-corrected chi connectivity index (χ4v) is 4.74. The van der Waals surface area contributed by atoms with Crippen molar-refractivity contribution in [1.82, 2.24) is 5.32 Å². The average molecular weight is 444 g/mol. The Bertz CT molecular complexity index is 1130. The number of rotatable bonds is 4. The highest BCUT2D eigenvalue weighted by Crippen LogP contribution is 2.48. The van der Waals surface area contributed by atoms with E-state index in [1.165, 1.54) is 7.11 Å². The fraction of sp³-hybridized carbons (Fsp3) is 0.217. The van der Waals surface area contributed by atoms with E-state index in [-0.39, 0.29) is 12.4 Å². The third-order valence-electron chi connectivity index (χ3n) is 5.30. The van der Waals surface area contributed by atoms with Gasteiger partial charge in [-0.2, -0.15) is 0 Å². The Morgan fingerprint density at radius 1 is 1.13 bits per heavy atom. The summed E-state index contributed by atoms with van der Waals surface area (Å²) in [5, 5.41) is 3.84. The van der Waals surface area contributed by atoms with Crippen LogP contribution in [0.3, 0.4) is 0 Å². The van der Waals surface area contributed by atoms with E-state index in [1.54, 1.807) is 32.0 Å². The molecule has 1 atom stereocenters. The topological polar surface area (TPSA) is 64.6 Å². The molecule has 0 aromatic heterocycles. The normalized spacial score (nSPS) is 17.5.